The summed E-state index contributed by atoms with van der Waals surface area (Å²) in [5, 5.41) is 44.8. The van der Waals surface area contributed by atoms with Crippen LogP contribution in [0.15, 0.2) is 30.3 Å². The quantitative estimate of drug-likeness (QED) is 0.131. The summed E-state index contributed by atoms with van der Waals surface area (Å²) in [4.78, 5) is 70.8. The number of aliphatic hydroxyl groups excluding tert-OH is 2. The largest absolute Gasteiger partial charge is 0.445 e. The summed E-state index contributed by atoms with van der Waals surface area (Å²) in [7, 11) is 1.34. The van der Waals surface area contributed by atoms with Crippen molar-refractivity contribution in [3.8, 4) is 0 Å². The molecule has 24 heteroatoms. The molecule has 1 aromatic rings. The second-order valence-corrected chi connectivity index (χ2v) is 24.8. The smallest absolute Gasteiger partial charge is 0.410 e. The Kier molecular flexibility index (Phi) is 20.6. The third-order valence-corrected chi connectivity index (χ3v) is 12.4. The van der Waals surface area contributed by atoms with Crippen molar-refractivity contribution in [2.75, 3.05) is 33.4 Å². The summed E-state index contributed by atoms with van der Waals surface area (Å²) >= 11 is 0. The topological polar surface area (TPSA) is 290 Å². The highest BCUT2D eigenvalue weighted by Gasteiger charge is 2.55. The van der Waals surface area contributed by atoms with E-state index in [0.29, 0.717) is 5.56 Å². The second-order valence-electron chi connectivity index (χ2n) is 24.8. The van der Waals surface area contributed by atoms with Crippen LogP contribution >= 0.6 is 0 Å². The third-order valence-electron chi connectivity index (χ3n) is 12.4. The number of carbonyl (C=O) groups excluding carboxylic acids is 5. The molecule has 3 saturated heterocycles. The molecule has 0 aromatic heterocycles. The van der Waals surface area contributed by atoms with Crippen LogP contribution in [0.5, 0.6) is 0 Å². The van der Waals surface area contributed by atoms with Gasteiger partial charge in [-0.25, -0.2) is 24.0 Å². The number of hydrogen-bond donors (Lipinski definition) is 6. The normalized spacial score (nSPS) is 30.7. The van der Waals surface area contributed by atoms with Crippen molar-refractivity contribution < 1.29 is 91.4 Å². The first kappa shape index (κ1) is 63.0. The molecule has 1 aromatic carbocycles. The van der Waals surface area contributed by atoms with E-state index in [1.165, 1.54) is 18.9 Å². The molecule has 438 valence electrons. The van der Waals surface area contributed by atoms with Gasteiger partial charge in [0, 0.05) is 7.05 Å². The fourth-order valence-corrected chi connectivity index (χ4v) is 9.30. The summed E-state index contributed by atoms with van der Waals surface area (Å²) in [5.74, 6) is -0.896. The molecule has 6 unspecified atom stereocenters. The van der Waals surface area contributed by atoms with Gasteiger partial charge in [-0.15, -0.1) is 0 Å². The van der Waals surface area contributed by atoms with Crippen molar-refractivity contribution in [2.45, 2.75) is 237 Å². The number of likely N-dealkylation sites (N-methyl/N-ethyl adjacent to an activating group) is 1. The molecule has 1 aliphatic carbocycles. The van der Waals surface area contributed by atoms with Gasteiger partial charge < -0.3 is 93.2 Å². The van der Waals surface area contributed by atoms with Crippen LogP contribution < -0.4 is 16.0 Å². The Bertz CT molecular complexity index is 2140. The molecular formula is C53H87N5O19. The molecule has 1 saturated carbocycles. The number of aliphatic hydroxyl groups is 3. The first-order valence-corrected chi connectivity index (χ1v) is 26.3. The Morgan fingerprint density at radius 1 is 0.662 bits per heavy atom. The van der Waals surface area contributed by atoms with Crippen LogP contribution in [-0.2, 0) is 58.7 Å². The maximum absolute atomic E-state index is 13.9. The fraction of sp³-hybridized carbons (Fsp3) is 0.792. The van der Waals surface area contributed by atoms with Crippen LogP contribution in [0.2, 0.25) is 0 Å². The van der Waals surface area contributed by atoms with Crippen molar-refractivity contribution in [2.24, 2.45) is 0 Å². The van der Waals surface area contributed by atoms with Crippen LogP contribution in [0.4, 0.5) is 24.0 Å². The van der Waals surface area contributed by atoms with E-state index in [9.17, 15) is 39.3 Å². The zero-order valence-electron chi connectivity index (χ0n) is 47.7. The van der Waals surface area contributed by atoms with E-state index in [1.54, 1.807) is 127 Å². The summed E-state index contributed by atoms with van der Waals surface area (Å²) in [6.07, 6.45) is -15.3. The van der Waals surface area contributed by atoms with Gasteiger partial charge in [0.25, 0.3) is 0 Å². The highest BCUT2D eigenvalue weighted by atomic mass is 16.7. The number of carbonyl (C=O) groups is 5. The summed E-state index contributed by atoms with van der Waals surface area (Å²) < 4.78 is 66.0. The lowest BCUT2D eigenvalue weighted by molar-refractivity contribution is -0.314. The molecule has 4 fully saturated rings. The van der Waals surface area contributed by atoms with E-state index in [4.69, 9.17) is 52.1 Å². The minimum Gasteiger partial charge on any atom is -0.445 e. The molecule has 0 spiro atoms. The molecule has 77 heavy (non-hydrogen) atoms. The Morgan fingerprint density at radius 3 is 1.70 bits per heavy atom. The van der Waals surface area contributed by atoms with Crippen molar-refractivity contribution in [1.29, 1.82) is 0 Å². The van der Waals surface area contributed by atoms with Crippen LogP contribution in [0.1, 0.15) is 129 Å². The van der Waals surface area contributed by atoms with E-state index >= 15 is 0 Å². The van der Waals surface area contributed by atoms with E-state index in [-0.39, 0.29) is 45.6 Å². The Labute approximate surface area is 452 Å². The van der Waals surface area contributed by atoms with Gasteiger partial charge in [-0.1, -0.05) is 30.3 Å². The average Bonchev–Trinajstić information content (AvgIpc) is 3.61. The molecule has 4 aliphatic rings. The number of alkyl carbamates (subject to hydrolysis) is 3. The Hall–Kier alpha value is -4.79. The number of ether oxygens (including phenoxy) is 11. The summed E-state index contributed by atoms with van der Waals surface area (Å²) in [6, 6.07) is 3.98. The van der Waals surface area contributed by atoms with Crippen LogP contribution in [0.25, 0.3) is 0 Å². The highest BCUT2D eigenvalue weighted by Crippen LogP contribution is 2.36. The van der Waals surface area contributed by atoms with Crippen molar-refractivity contribution >= 4 is 30.5 Å². The van der Waals surface area contributed by atoms with Gasteiger partial charge in [0.05, 0.1) is 56.6 Å². The molecule has 3 heterocycles. The van der Waals surface area contributed by atoms with E-state index < -0.39 is 144 Å². The first-order chi connectivity index (χ1) is 35.4. The Balaban J connectivity index is 1.54. The average molecular weight is 1100 g/mol. The third kappa shape index (κ3) is 19.5. The van der Waals surface area contributed by atoms with E-state index in [1.807, 2.05) is 0 Å². The maximum atomic E-state index is 13.9. The van der Waals surface area contributed by atoms with Gasteiger partial charge in [-0.05, 0) is 129 Å². The number of nitrogens with one attached hydrogen (secondary N) is 3. The Morgan fingerprint density at radius 2 is 1.17 bits per heavy atom. The highest BCUT2D eigenvalue weighted by molar-refractivity contribution is 5.70. The molecule has 5 rings (SSSR count). The van der Waals surface area contributed by atoms with Gasteiger partial charge in [-0.3, -0.25) is 0 Å². The van der Waals surface area contributed by atoms with Crippen LogP contribution in [0, 0.1) is 0 Å². The number of hydrogen-bond acceptors (Lipinski definition) is 19. The lowest BCUT2D eigenvalue weighted by Crippen LogP contribution is -2.70. The second kappa shape index (κ2) is 25.1. The van der Waals surface area contributed by atoms with Gasteiger partial charge in [-0.2, -0.15) is 0 Å². The van der Waals surface area contributed by atoms with E-state index in [0.717, 1.165) is 4.90 Å². The van der Waals surface area contributed by atoms with Crippen molar-refractivity contribution in [3.05, 3.63) is 35.9 Å². The summed E-state index contributed by atoms with van der Waals surface area (Å²) in [5.41, 5.74) is -4.91. The standard InChI is InChI=1S/C53H87N5O19/c1-48(2,3)74-44(62)54-33-23-22-31(25-58(47(65)77-51(10,11)12)26-32-28-69-52(13,14)73-32)70-41(33)71-38-35(56-45(63)75-49(4,5)6)24-34(55-43(61)67-27-30-20-18-17-19-21-30)39(36(38)59)72-42-37(60)40(53(15,66)29-68-42)57(16)46(64)76-50(7,8)9/h17-21,31-42,59-60,66H,22-29H2,1-16H3,(H,54,62)(H,55,61)(H,56,63)/t31-,32+,33?,34+,35-,36?,37?,38?,39?,40+,41+,42+,53?/m0/s1. The van der Waals surface area contributed by atoms with Gasteiger partial charge in [0.1, 0.15) is 65.1 Å². The molecule has 0 radical (unpaired) electrons. The summed E-state index contributed by atoms with van der Waals surface area (Å²) in [6.45, 7) is 24.7. The maximum Gasteiger partial charge on any atom is 0.410 e. The van der Waals surface area contributed by atoms with Crippen molar-refractivity contribution in [3.63, 3.8) is 0 Å². The van der Waals surface area contributed by atoms with Gasteiger partial charge in [0.15, 0.2) is 18.4 Å². The van der Waals surface area contributed by atoms with Gasteiger partial charge >= 0.3 is 30.5 Å². The SMILES string of the molecule is CN(C(=O)OC(C)(C)C)[C@@H]1C(O)[C@@H](OC2C(O)C(O[C@H]3O[C@H](CN(C[C@@H]4COC(C)(C)O4)C(=O)OC(C)(C)C)CCC3NC(=O)OC(C)(C)C)[C@@H](NC(=O)OC(C)(C)C)C[C@H]2NC(=O)OCc2ccccc2)OCC1(C)O. The minimum atomic E-state index is -1.88. The fourth-order valence-electron chi connectivity index (χ4n) is 9.30. The number of nitrogens with zero attached hydrogens (tertiary/aromatic N) is 2. The van der Waals surface area contributed by atoms with E-state index in [2.05, 4.69) is 16.0 Å². The molecule has 13 atom stereocenters. The zero-order chi connectivity index (χ0) is 57.6. The molecule has 5 amide bonds. The lowest BCUT2D eigenvalue weighted by atomic mass is 9.83. The van der Waals surface area contributed by atoms with Crippen LogP contribution in [-0.4, -0.2) is 196 Å². The minimum absolute atomic E-state index is 0.0521. The molecule has 6 N–H and O–H groups in total. The molecule has 3 aliphatic heterocycles. The number of rotatable bonds is 14. The predicted molar refractivity (Wildman–Crippen MR) is 275 cm³/mol. The predicted octanol–water partition coefficient (Wildman–Crippen LogP) is 5.20. The molecule has 0 bridgehead atoms. The van der Waals surface area contributed by atoms with Crippen LogP contribution in [0.3, 0.4) is 0 Å². The zero-order valence-corrected chi connectivity index (χ0v) is 47.7. The van der Waals surface area contributed by atoms with Crippen molar-refractivity contribution in [1.82, 2.24) is 25.8 Å². The molecular weight excluding hydrogens is 1010 g/mol. The van der Waals surface area contributed by atoms with Gasteiger partial charge in [0.2, 0.25) is 0 Å². The number of benzene rings is 1. The molecule has 24 nitrogen and oxygen atoms in total. The monoisotopic (exact) mass is 1100 g/mol. The lowest BCUT2D eigenvalue weighted by Gasteiger charge is -2.50. The first-order valence-electron chi connectivity index (χ1n) is 26.3. The number of amides is 5.